The van der Waals surface area contributed by atoms with Crippen molar-refractivity contribution in [3.8, 4) is 16.2 Å². The summed E-state index contributed by atoms with van der Waals surface area (Å²) in [6.45, 7) is -1.07. The van der Waals surface area contributed by atoms with Crippen molar-refractivity contribution in [2.45, 2.75) is 6.54 Å². The highest BCUT2D eigenvalue weighted by atomic mass is 32.1. The zero-order valence-electron chi connectivity index (χ0n) is 18.0. The molecule has 2 amide bonds. The third-order valence-corrected chi connectivity index (χ3v) is 5.99. The van der Waals surface area contributed by atoms with E-state index in [2.05, 4.69) is 10.3 Å². The molecule has 0 unspecified atom stereocenters. The second-order valence-electron chi connectivity index (χ2n) is 7.14. The summed E-state index contributed by atoms with van der Waals surface area (Å²) in [6, 6.07) is 17.4. The van der Waals surface area contributed by atoms with Crippen molar-refractivity contribution in [2.75, 3.05) is 13.7 Å². The number of fused-ring (bicyclic) bond motifs is 1. The second kappa shape index (κ2) is 10.1. The molecule has 0 radical (unpaired) electrons. The molecule has 2 heterocycles. The van der Waals surface area contributed by atoms with Crippen LogP contribution in [0.3, 0.4) is 0 Å². The Morgan fingerprint density at radius 2 is 1.79 bits per heavy atom. The summed E-state index contributed by atoms with van der Waals surface area (Å²) in [5.41, 5.74) is 1.34. The van der Waals surface area contributed by atoms with Gasteiger partial charge in [0.05, 0.1) is 19.0 Å². The molecule has 0 saturated carbocycles. The first-order valence-electron chi connectivity index (χ1n) is 10.1. The Morgan fingerprint density at radius 3 is 2.50 bits per heavy atom. The summed E-state index contributed by atoms with van der Waals surface area (Å²) in [6.07, 6.45) is 1.26. The van der Waals surface area contributed by atoms with Crippen molar-refractivity contribution in [2.24, 2.45) is 0 Å². The van der Waals surface area contributed by atoms with Crippen LogP contribution < -0.4 is 15.6 Å². The van der Waals surface area contributed by atoms with Crippen molar-refractivity contribution in [1.29, 1.82) is 0 Å². The van der Waals surface area contributed by atoms with Crippen LogP contribution in [-0.4, -0.2) is 41.1 Å². The van der Waals surface area contributed by atoms with Gasteiger partial charge in [-0.3, -0.25) is 29.1 Å². The molecular weight excluding hydrogens is 458 g/mol. The van der Waals surface area contributed by atoms with Gasteiger partial charge in [-0.2, -0.15) is 0 Å². The van der Waals surface area contributed by atoms with E-state index in [1.54, 1.807) is 43.5 Å². The average molecular weight is 477 g/mol. The van der Waals surface area contributed by atoms with E-state index in [1.165, 1.54) is 17.7 Å². The Balaban J connectivity index is 1.39. The van der Waals surface area contributed by atoms with Crippen molar-refractivity contribution in [1.82, 2.24) is 14.9 Å². The largest absolute Gasteiger partial charge is 0.497 e. The van der Waals surface area contributed by atoms with Crippen LogP contribution in [0.2, 0.25) is 0 Å². The molecule has 1 N–H and O–H groups in total. The van der Waals surface area contributed by atoms with Crippen LogP contribution in [-0.2, 0) is 20.9 Å². The number of carbonyl (C=O) groups excluding carboxylic acids is 3. The van der Waals surface area contributed by atoms with Gasteiger partial charge >= 0.3 is 5.97 Å². The second-order valence-corrected chi connectivity index (χ2v) is 8.19. The van der Waals surface area contributed by atoms with E-state index in [4.69, 9.17) is 9.47 Å². The third kappa shape index (κ3) is 5.18. The van der Waals surface area contributed by atoms with Gasteiger partial charge in [-0.25, -0.2) is 4.98 Å². The minimum atomic E-state index is -0.808. The van der Waals surface area contributed by atoms with Crippen LogP contribution in [0.5, 0.6) is 5.75 Å². The van der Waals surface area contributed by atoms with Crippen LogP contribution in [0.15, 0.2) is 71.8 Å². The molecule has 0 aliphatic rings. The van der Waals surface area contributed by atoms with Gasteiger partial charge in [0.1, 0.15) is 17.0 Å². The summed E-state index contributed by atoms with van der Waals surface area (Å²) in [7, 11) is 1.59. The maximum Gasteiger partial charge on any atom is 0.326 e. The van der Waals surface area contributed by atoms with Crippen molar-refractivity contribution in [3.05, 3.63) is 82.9 Å². The zero-order chi connectivity index (χ0) is 24.1. The summed E-state index contributed by atoms with van der Waals surface area (Å²) in [5, 5.41) is 2.13. The van der Waals surface area contributed by atoms with Crippen molar-refractivity contribution < 1.29 is 23.9 Å². The van der Waals surface area contributed by atoms with Gasteiger partial charge in [-0.05, 0) is 48.0 Å². The smallest absolute Gasteiger partial charge is 0.326 e. The minimum Gasteiger partial charge on any atom is -0.497 e. The molecule has 34 heavy (non-hydrogen) atoms. The highest BCUT2D eigenvalue weighted by Gasteiger charge is 2.15. The van der Waals surface area contributed by atoms with Crippen LogP contribution in [0.1, 0.15) is 10.4 Å². The number of esters is 1. The first-order valence-corrected chi connectivity index (χ1v) is 10.9. The fourth-order valence-corrected chi connectivity index (χ4v) is 4.18. The molecule has 0 atom stereocenters. The molecule has 0 fully saturated rings. The average Bonchev–Trinajstić information content (AvgIpc) is 3.30. The number of nitrogens with one attached hydrogen (secondary N) is 1. The van der Waals surface area contributed by atoms with Gasteiger partial charge in [0.25, 0.3) is 17.4 Å². The number of methoxy groups -OCH3 is 1. The molecule has 0 aliphatic carbocycles. The Bertz CT molecular complexity index is 1410. The summed E-state index contributed by atoms with van der Waals surface area (Å²) < 4.78 is 11.6. The Morgan fingerprint density at radius 1 is 1.06 bits per heavy atom. The minimum absolute atomic E-state index is 0.304. The van der Waals surface area contributed by atoms with Crippen molar-refractivity contribution >= 4 is 39.3 Å². The molecule has 2 aromatic heterocycles. The molecule has 4 rings (SSSR count). The van der Waals surface area contributed by atoms with Gasteiger partial charge in [0.15, 0.2) is 6.61 Å². The molecule has 0 bridgehead atoms. The third-order valence-electron chi connectivity index (χ3n) is 4.83. The number of hydrogen-bond acceptors (Lipinski definition) is 8. The molecule has 0 saturated heterocycles. The van der Waals surface area contributed by atoms with Gasteiger partial charge in [0, 0.05) is 10.4 Å². The highest BCUT2D eigenvalue weighted by molar-refractivity contribution is 7.22. The molecule has 10 heteroatoms. The lowest BCUT2D eigenvalue weighted by atomic mass is 10.2. The standard InChI is InChI=1S/C24H19N3O6S/c1-32-17-9-7-15(8-10-17)19-11-18-22(34-19)24(31)27(14-25-18)12-21(29)33-13-20(28)26-23(30)16-5-3-2-4-6-16/h2-11,14H,12-13H2,1H3,(H,26,28,30). The molecule has 2 aromatic carbocycles. The summed E-state index contributed by atoms with van der Waals surface area (Å²) in [4.78, 5) is 54.0. The van der Waals surface area contributed by atoms with E-state index in [0.717, 1.165) is 20.8 Å². The topological polar surface area (TPSA) is 117 Å². The van der Waals surface area contributed by atoms with E-state index in [9.17, 15) is 19.2 Å². The maximum atomic E-state index is 12.8. The van der Waals surface area contributed by atoms with Crippen LogP contribution >= 0.6 is 11.3 Å². The quantitative estimate of drug-likeness (QED) is 0.407. The number of aromatic nitrogens is 2. The zero-order valence-corrected chi connectivity index (χ0v) is 18.8. The fraction of sp³-hybridized carbons (Fsp3) is 0.125. The molecule has 0 aliphatic heterocycles. The number of benzene rings is 2. The summed E-state index contributed by atoms with van der Waals surface area (Å²) >= 11 is 1.26. The number of nitrogens with zero attached hydrogens (tertiary/aromatic N) is 2. The number of amides is 2. The summed E-state index contributed by atoms with van der Waals surface area (Å²) in [5.74, 6) is -1.46. The number of ether oxygens (including phenoxy) is 2. The highest BCUT2D eigenvalue weighted by Crippen LogP contribution is 2.31. The lowest BCUT2D eigenvalue weighted by Gasteiger charge is -2.07. The first-order chi connectivity index (χ1) is 16.4. The van der Waals surface area contributed by atoms with Gasteiger partial charge in [-0.15, -0.1) is 11.3 Å². The van der Waals surface area contributed by atoms with Gasteiger partial charge in [-0.1, -0.05) is 18.2 Å². The number of imide groups is 1. The SMILES string of the molecule is COc1ccc(-c2cc3ncn(CC(=O)OCC(=O)NC(=O)c4ccccc4)c(=O)c3s2)cc1. The van der Waals surface area contributed by atoms with E-state index in [0.29, 0.717) is 15.8 Å². The van der Waals surface area contributed by atoms with Crippen molar-refractivity contribution in [3.63, 3.8) is 0 Å². The Labute approximate surface area is 197 Å². The normalized spacial score (nSPS) is 10.6. The molecular formula is C24H19N3O6S. The van der Waals surface area contributed by atoms with Crippen LogP contribution in [0, 0.1) is 0 Å². The predicted molar refractivity (Wildman–Crippen MR) is 126 cm³/mol. The molecule has 4 aromatic rings. The lowest BCUT2D eigenvalue weighted by Crippen LogP contribution is -2.35. The predicted octanol–water partition coefficient (Wildman–Crippen LogP) is 2.63. The lowest BCUT2D eigenvalue weighted by molar-refractivity contribution is -0.148. The van der Waals surface area contributed by atoms with Crippen LogP contribution in [0.4, 0.5) is 0 Å². The first kappa shape index (κ1) is 22.9. The molecule has 0 spiro atoms. The number of rotatable bonds is 7. The Kier molecular flexibility index (Phi) is 6.79. The Hall–Kier alpha value is -4.31. The number of hydrogen-bond donors (Lipinski definition) is 1. The van der Waals surface area contributed by atoms with E-state index >= 15 is 0 Å². The van der Waals surface area contributed by atoms with E-state index < -0.39 is 36.5 Å². The number of carbonyl (C=O) groups is 3. The monoisotopic (exact) mass is 477 g/mol. The van der Waals surface area contributed by atoms with Crippen LogP contribution in [0.25, 0.3) is 20.7 Å². The van der Waals surface area contributed by atoms with E-state index in [1.807, 2.05) is 24.3 Å². The number of thiophene rings is 1. The maximum absolute atomic E-state index is 12.8. The molecule has 172 valence electrons. The van der Waals surface area contributed by atoms with Gasteiger partial charge in [0.2, 0.25) is 0 Å². The van der Waals surface area contributed by atoms with E-state index in [-0.39, 0.29) is 0 Å². The molecule has 9 nitrogen and oxygen atoms in total. The van der Waals surface area contributed by atoms with Gasteiger partial charge < -0.3 is 9.47 Å². The fourth-order valence-electron chi connectivity index (χ4n) is 3.11.